The highest BCUT2D eigenvalue weighted by Crippen LogP contribution is 2.30. The van der Waals surface area contributed by atoms with Crippen molar-refractivity contribution in [1.82, 2.24) is 4.57 Å². The second-order valence-electron chi connectivity index (χ2n) is 7.27. The van der Waals surface area contributed by atoms with Gasteiger partial charge in [0.15, 0.2) is 0 Å². The quantitative estimate of drug-likeness (QED) is 0.591. The molecular formula is C24H25N3O4. The van der Waals surface area contributed by atoms with E-state index >= 15 is 0 Å². The average Bonchev–Trinajstić information content (AvgIpc) is 3.37. The van der Waals surface area contributed by atoms with E-state index in [2.05, 4.69) is 9.80 Å². The number of nitrogens with zero attached hydrogens (tertiary/aromatic N) is 3. The number of esters is 2. The van der Waals surface area contributed by atoms with Gasteiger partial charge >= 0.3 is 11.9 Å². The van der Waals surface area contributed by atoms with Gasteiger partial charge < -0.3 is 23.8 Å². The third-order valence-electron chi connectivity index (χ3n) is 5.54. The smallest absolute Gasteiger partial charge is 0.340 e. The summed E-state index contributed by atoms with van der Waals surface area (Å²) in [4.78, 5) is 28.8. The van der Waals surface area contributed by atoms with E-state index in [0.29, 0.717) is 11.1 Å². The highest BCUT2D eigenvalue weighted by Gasteiger charge is 2.24. The Hall–Kier alpha value is -3.74. The molecule has 1 aliphatic rings. The SMILES string of the molecule is COC(=O)c1cccc(N2CCN(c3cccc(C(=O)OC)c3-n3cccc3)CC2)c1. The summed E-state index contributed by atoms with van der Waals surface area (Å²) in [6, 6.07) is 17.1. The molecule has 2 aromatic carbocycles. The van der Waals surface area contributed by atoms with Gasteiger partial charge in [0.05, 0.1) is 36.7 Å². The molecule has 7 heteroatoms. The normalized spacial score (nSPS) is 13.7. The molecule has 0 aliphatic carbocycles. The first kappa shape index (κ1) is 20.5. The third-order valence-corrected chi connectivity index (χ3v) is 5.54. The van der Waals surface area contributed by atoms with Crippen LogP contribution in [0.15, 0.2) is 67.0 Å². The van der Waals surface area contributed by atoms with Crippen LogP contribution in [0.2, 0.25) is 0 Å². The third kappa shape index (κ3) is 4.12. The summed E-state index contributed by atoms with van der Waals surface area (Å²) in [6.45, 7) is 3.14. The Labute approximate surface area is 181 Å². The Morgan fingerprint density at radius 3 is 2.10 bits per heavy atom. The van der Waals surface area contributed by atoms with Crippen molar-refractivity contribution in [2.24, 2.45) is 0 Å². The van der Waals surface area contributed by atoms with Crippen LogP contribution >= 0.6 is 0 Å². The van der Waals surface area contributed by atoms with Crippen molar-refractivity contribution in [3.8, 4) is 5.69 Å². The summed E-state index contributed by atoms with van der Waals surface area (Å²) in [5.41, 5.74) is 3.88. The predicted molar refractivity (Wildman–Crippen MR) is 119 cm³/mol. The topological polar surface area (TPSA) is 64.0 Å². The van der Waals surface area contributed by atoms with Crippen LogP contribution in [-0.2, 0) is 9.47 Å². The maximum absolute atomic E-state index is 12.4. The highest BCUT2D eigenvalue weighted by atomic mass is 16.5. The molecule has 0 bridgehead atoms. The summed E-state index contributed by atoms with van der Waals surface area (Å²) in [6.07, 6.45) is 3.86. The number of methoxy groups -OCH3 is 2. The van der Waals surface area contributed by atoms with Gasteiger partial charge in [-0.25, -0.2) is 9.59 Å². The highest BCUT2D eigenvalue weighted by molar-refractivity contribution is 5.96. The molecule has 0 saturated carbocycles. The molecular weight excluding hydrogens is 394 g/mol. The number of carbonyl (C=O) groups is 2. The zero-order valence-corrected chi connectivity index (χ0v) is 17.7. The van der Waals surface area contributed by atoms with Crippen molar-refractivity contribution in [3.63, 3.8) is 0 Å². The largest absolute Gasteiger partial charge is 0.465 e. The number of benzene rings is 2. The first-order valence-corrected chi connectivity index (χ1v) is 10.2. The van der Waals surface area contributed by atoms with Crippen molar-refractivity contribution in [2.45, 2.75) is 0 Å². The van der Waals surface area contributed by atoms with E-state index in [1.54, 1.807) is 12.1 Å². The minimum atomic E-state index is -0.358. The number of rotatable bonds is 5. The van der Waals surface area contributed by atoms with Crippen molar-refractivity contribution < 1.29 is 19.1 Å². The number of hydrogen-bond donors (Lipinski definition) is 0. The molecule has 2 heterocycles. The standard InChI is InChI=1S/C24H25N3O4/c1-30-23(28)18-7-5-8-19(17-18)25-13-15-26(16-14-25)21-10-6-9-20(24(29)31-2)22(21)27-11-3-4-12-27/h3-12,17H,13-16H2,1-2H3. The van der Waals surface area contributed by atoms with Gasteiger partial charge in [-0.15, -0.1) is 0 Å². The molecule has 0 N–H and O–H groups in total. The first-order valence-electron chi connectivity index (χ1n) is 10.2. The number of aromatic nitrogens is 1. The molecule has 160 valence electrons. The van der Waals surface area contributed by atoms with Gasteiger partial charge in [-0.1, -0.05) is 12.1 Å². The van der Waals surface area contributed by atoms with Gasteiger partial charge in [0.1, 0.15) is 0 Å². The lowest BCUT2D eigenvalue weighted by Crippen LogP contribution is -2.47. The fraction of sp³-hybridized carbons (Fsp3) is 0.250. The molecule has 0 amide bonds. The molecule has 1 aliphatic heterocycles. The maximum Gasteiger partial charge on any atom is 0.340 e. The average molecular weight is 419 g/mol. The molecule has 1 fully saturated rings. The van der Waals surface area contributed by atoms with E-state index in [0.717, 1.165) is 43.2 Å². The van der Waals surface area contributed by atoms with E-state index in [1.165, 1.54) is 14.2 Å². The Morgan fingerprint density at radius 2 is 1.42 bits per heavy atom. The molecule has 1 saturated heterocycles. The minimum Gasteiger partial charge on any atom is -0.465 e. The lowest BCUT2D eigenvalue weighted by Gasteiger charge is -2.38. The Balaban J connectivity index is 1.58. The molecule has 3 aromatic rings. The molecule has 7 nitrogen and oxygen atoms in total. The number of piperazine rings is 1. The second-order valence-corrected chi connectivity index (χ2v) is 7.27. The fourth-order valence-electron chi connectivity index (χ4n) is 3.97. The van der Waals surface area contributed by atoms with E-state index < -0.39 is 0 Å². The van der Waals surface area contributed by atoms with E-state index in [9.17, 15) is 9.59 Å². The van der Waals surface area contributed by atoms with Crippen LogP contribution in [0, 0.1) is 0 Å². The summed E-state index contributed by atoms with van der Waals surface area (Å²) >= 11 is 0. The van der Waals surface area contributed by atoms with Gasteiger partial charge in [0.25, 0.3) is 0 Å². The number of carbonyl (C=O) groups excluding carboxylic acids is 2. The van der Waals surface area contributed by atoms with E-state index in [4.69, 9.17) is 9.47 Å². The first-order chi connectivity index (χ1) is 15.1. The van der Waals surface area contributed by atoms with Crippen molar-refractivity contribution >= 4 is 23.3 Å². The molecule has 31 heavy (non-hydrogen) atoms. The molecule has 0 spiro atoms. The summed E-state index contributed by atoms with van der Waals surface area (Å²) in [5, 5.41) is 0. The van der Waals surface area contributed by atoms with Crippen LogP contribution in [0.1, 0.15) is 20.7 Å². The van der Waals surface area contributed by atoms with Gasteiger partial charge in [0, 0.05) is 44.3 Å². The van der Waals surface area contributed by atoms with Crippen molar-refractivity contribution in [2.75, 3.05) is 50.2 Å². The van der Waals surface area contributed by atoms with E-state index in [-0.39, 0.29) is 11.9 Å². The van der Waals surface area contributed by atoms with Gasteiger partial charge in [-0.05, 0) is 42.5 Å². The molecule has 1 aromatic heterocycles. The molecule has 0 radical (unpaired) electrons. The summed E-state index contributed by atoms with van der Waals surface area (Å²) in [7, 11) is 2.79. The van der Waals surface area contributed by atoms with Crippen LogP contribution in [-0.4, -0.2) is 56.9 Å². The number of hydrogen-bond acceptors (Lipinski definition) is 6. The van der Waals surface area contributed by atoms with Crippen molar-refractivity contribution in [1.29, 1.82) is 0 Å². The van der Waals surface area contributed by atoms with Gasteiger partial charge in [0.2, 0.25) is 0 Å². The van der Waals surface area contributed by atoms with Crippen LogP contribution in [0.3, 0.4) is 0 Å². The molecule has 0 unspecified atom stereocenters. The number of anilines is 2. The zero-order valence-electron chi connectivity index (χ0n) is 17.7. The van der Waals surface area contributed by atoms with Gasteiger partial charge in [-0.3, -0.25) is 0 Å². The number of ether oxygens (including phenoxy) is 2. The van der Waals surface area contributed by atoms with Crippen LogP contribution in [0.4, 0.5) is 11.4 Å². The Kier molecular flexibility index (Phi) is 5.93. The molecule has 4 rings (SSSR count). The van der Waals surface area contributed by atoms with E-state index in [1.807, 2.05) is 59.4 Å². The van der Waals surface area contributed by atoms with Gasteiger partial charge in [-0.2, -0.15) is 0 Å². The monoisotopic (exact) mass is 419 g/mol. The van der Waals surface area contributed by atoms with Crippen LogP contribution in [0.5, 0.6) is 0 Å². The lowest BCUT2D eigenvalue weighted by atomic mass is 10.1. The zero-order chi connectivity index (χ0) is 21.8. The fourth-order valence-corrected chi connectivity index (χ4v) is 3.97. The summed E-state index contributed by atoms with van der Waals surface area (Å²) < 4.78 is 11.8. The Bertz CT molecular complexity index is 1070. The van der Waals surface area contributed by atoms with Crippen LogP contribution in [0.25, 0.3) is 5.69 Å². The predicted octanol–water partition coefficient (Wildman–Crippen LogP) is 3.38. The lowest BCUT2D eigenvalue weighted by molar-refractivity contribution is 0.0592. The maximum atomic E-state index is 12.4. The van der Waals surface area contributed by atoms with Crippen LogP contribution < -0.4 is 9.80 Å². The minimum absolute atomic E-state index is 0.337. The Morgan fingerprint density at radius 1 is 0.774 bits per heavy atom. The number of para-hydroxylation sites is 1. The summed E-state index contributed by atoms with van der Waals surface area (Å²) in [5.74, 6) is -0.694. The second kappa shape index (κ2) is 8.95. The molecule has 0 atom stereocenters. The van der Waals surface area contributed by atoms with Crippen molar-refractivity contribution in [3.05, 3.63) is 78.1 Å².